The second-order valence-electron chi connectivity index (χ2n) is 4.64. The molecule has 0 radical (unpaired) electrons. The number of nitrogens with one attached hydrogen (secondary N) is 1. The molecule has 0 saturated carbocycles. The van der Waals surface area contributed by atoms with Crippen molar-refractivity contribution < 1.29 is 4.74 Å². The van der Waals surface area contributed by atoms with Crippen LogP contribution >= 0.6 is 11.8 Å². The predicted molar refractivity (Wildman–Crippen MR) is 59.4 cm³/mol. The largest absolute Gasteiger partial charge is 0.379 e. The summed E-state index contributed by atoms with van der Waals surface area (Å²) >= 11 is 1.99. The molecule has 1 heterocycles. The lowest BCUT2D eigenvalue weighted by molar-refractivity contribution is 0.0730. The molecule has 0 spiro atoms. The van der Waals surface area contributed by atoms with E-state index in [2.05, 4.69) is 26.1 Å². The van der Waals surface area contributed by atoms with Gasteiger partial charge in [-0.2, -0.15) is 11.8 Å². The Balaban J connectivity index is 2.45. The first-order chi connectivity index (χ1) is 6.03. The Kier molecular flexibility index (Phi) is 4.07. The van der Waals surface area contributed by atoms with E-state index in [1.807, 2.05) is 18.9 Å². The lowest BCUT2D eigenvalue weighted by Gasteiger charge is -2.36. The van der Waals surface area contributed by atoms with Crippen LogP contribution in [0.25, 0.3) is 0 Å². The van der Waals surface area contributed by atoms with Crippen molar-refractivity contribution in [1.82, 2.24) is 5.32 Å². The van der Waals surface area contributed by atoms with Crippen molar-refractivity contribution in [3.63, 3.8) is 0 Å². The van der Waals surface area contributed by atoms with Crippen molar-refractivity contribution in [3.8, 4) is 0 Å². The van der Waals surface area contributed by atoms with E-state index in [1.54, 1.807) is 0 Å². The maximum Gasteiger partial charge on any atom is 0.0814 e. The minimum atomic E-state index is 0.198. The van der Waals surface area contributed by atoms with Crippen LogP contribution in [-0.4, -0.2) is 36.3 Å². The Hall–Kier alpha value is 0.270. The molecule has 1 rings (SSSR count). The second-order valence-corrected chi connectivity index (χ2v) is 5.79. The molecule has 0 aromatic rings. The van der Waals surface area contributed by atoms with E-state index >= 15 is 0 Å². The van der Waals surface area contributed by atoms with Gasteiger partial charge in [0.05, 0.1) is 6.10 Å². The van der Waals surface area contributed by atoms with Crippen LogP contribution in [0.15, 0.2) is 0 Å². The van der Waals surface area contributed by atoms with Gasteiger partial charge in [-0.15, -0.1) is 0 Å². The van der Waals surface area contributed by atoms with Gasteiger partial charge in [0.2, 0.25) is 0 Å². The van der Waals surface area contributed by atoms with Gasteiger partial charge in [-0.3, -0.25) is 0 Å². The van der Waals surface area contributed by atoms with E-state index in [1.165, 1.54) is 12.2 Å². The SMILES string of the molecule is COC1CSCCC1NC(C)(C)C. The first-order valence-corrected chi connectivity index (χ1v) is 6.06. The molecule has 1 saturated heterocycles. The van der Waals surface area contributed by atoms with E-state index in [4.69, 9.17) is 4.74 Å². The normalized spacial score (nSPS) is 30.5. The zero-order valence-electron chi connectivity index (χ0n) is 9.09. The quantitative estimate of drug-likeness (QED) is 0.740. The van der Waals surface area contributed by atoms with Gasteiger partial charge in [0, 0.05) is 24.4 Å². The standard InChI is InChI=1S/C10H21NOS/c1-10(2,3)11-8-5-6-13-7-9(8)12-4/h8-9,11H,5-7H2,1-4H3. The molecule has 0 aromatic carbocycles. The molecule has 0 bridgehead atoms. The predicted octanol–water partition coefficient (Wildman–Crippen LogP) is 1.89. The third-order valence-corrected chi connectivity index (χ3v) is 3.31. The van der Waals surface area contributed by atoms with Crippen LogP contribution in [0.3, 0.4) is 0 Å². The molecular weight excluding hydrogens is 182 g/mol. The molecule has 1 aliphatic heterocycles. The van der Waals surface area contributed by atoms with E-state index < -0.39 is 0 Å². The number of thioether (sulfide) groups is 1. The Morgan fingerprint density at radius 2 is 2.08 bits per heavy atom. The number of hydrogen-bond acceptors (Lipinski definition) is 3. The molecule has 1 aliphatic rings. The molecular formula is C10H21NOS. The molecule has 1 N–H and O–H groups in total. The molecule has 2 unspecified atom stereocenters. The van der Waals surface area contributed by atoms with E-state index in [9.17, 15) is 0 Å². The van der Waals surface area contributed by atoms with Gasteiger partial charge in [-0.05, 0) is 32.9 Å². The van der Waals surface area contributed by atoms with Crippen molar-refractivity contribution in [2.75, 3.05) is 18.6 Å². The third-order valence-electron chi connectivity index (χ3n) is 2.23. The van der Waals surface area contributed by atoms with Gasteiger partial charge in [-0.1, -0.05) is 0 Å². The van der Waals surface area contributed by atoms with Crippen LogP contribution in [0.2, 0.25) is 0 Å². The van der Waals surface area contributed by atoms with E-state index in [0.717, 1.165) is 5.75 Å². The van der Waals surface area contributed by atoms with E-state index in [-0.39, 0.29) is 5.54 Å². The van der Waals surface area contributed by atoms with Gasteiger partial charge in [0.25, 0.3) is 0 Å². The van der Waals surface area contributed by atoms with Crippen molar-refractivity contribution in [2.24, 2.45) is 0 Å². The lowest BCUT2D eigenvalue weighted by Crippen LogP contribution is -2.52. The van der Waals surface area contributed by atoms with E-state index in [0.29, 0.717) is 12.1 Å². The number of methoxy groups -OCH3 is 1. The number of rotatable bonds is 2. The van der Waals surface area contributed by atoms with Gasteiger partial charge in [0.1, 0.15) is 0 Å². The van der Waals surface area contributed by atoms with Gasteiger partial charge in [0.15, 0.2) is 0 Å². The van der Waals surface area contributed by atoms with Crippen LogP contribution in [0, 0.1) is 0 Å². The van der Waals surface area contributed by atoms with Crippen LogP contribution in [0.5, 0.6) is 0 Å². The average Bonchev–Trinajstić information content (AvgIpc) is 2.02. The minimum absolute atomic E-state index is 0.198. The molecule has 1 fully saturated rings. The van der Waals surface area contributed by atoms with Crippen molar-refractivity contribution in [2.45, 2.75) is 44.9 Å². The molecule has 0 amide bonds. The molecule has 3 heteroatoms. The Labute approximate surface area is 85.8 Å². The molecule has 78 valence electrons. The number of ether oxygens (including phenoxy) is 1. The fourth-order valence-electron chi connectivity index (χ4n) is 1.67. The zero-order valence-corrected chi connectivity index (χ0v) is 9.91. The van der Waals surface area contributed by atoms with Crippen molar-refractivity contribution >= 4 is 11.8 Å². The van der Waals surface area contributed by atoms with Gasteiger partial charge < -0.3 is 10.1 Å². The average molecular weight is 203 g/mol. The summed E-state index contributed by atoms with van der Waals surface area (Å²) in [5, 5.41) is 3.62. The molecule has 0 aromatic heterocycles. The Bertz CT molecular complexity index is 155. The highest BCUT2D eigenvalue weighted by Gasteiger charge is 2.28. The maximum absolute atomic E-state index is 5.47. The molecule has 2 atom stereocenters. The highest BCUT2D eigenvalue weighted by atomic mass is 32.2. The second kappa shape index (κ2) is 4.67. The highest BCUT2D eigenvalue weighted by molar-refractivity contribution is 7.99. The summed E-state index contributed by atoms with van der Waals surface area (Å²) < 4.78 is 5.47. The summed E-state index contributed by atoms with van der Waals surface area (Å²) in [7, 11) is 1.81. The van der Waals surface area contributed by atoms with Gasteiger partial charge in [-0.25, -0.2) is 0 Å². The summed E-state index contributed by atoms with van der Waals surface area (Å²) in [6, 6.07) is 0.534. The minimum Gasteiger partial charge on any atom is -0.379 e. The first kappa shape index (κ1) is 11.3. The topological polar surface area (TPSA) is 21.3 Å². The monoisotopic (exact) mass is 203 g/mol. The lowest BCUT2D eigenvalue weighted by atomic mass is 10.0. The summed E-state index contributed by atoms with van der Waals surface area (Å²) in [5.41, 5.74) is 0.198. The van der Waals surface area contributed by atoms with Gasteiger partial charge >= 0.3 is 0 Å². The molecule has 13 heavy (non-hydrogen) atoms. The summed E-state index contributed by atoms with van der Waals surface area (Å²) in [5.74, 6) is 2.39. The third kappa shape index (κ3) is 3.88. The number of hydrogen-bond donors (Lipinski definition) is 1. The summed E-state index contributed by atoms with van der Waals surface area (Å²) in [4.78, 5) is 0. The van der Waals surface area contributed by atoms with Crippen LogP contribution in [0.4, 0.5) is 0 Å². The first-order valence-electron chi connectivity index (χ1n) is 4.91. The van der Waals surface area contributed by atoms with Crippen molar-refractivity contribution in [3.05, 3.63) is 0 Å². The highest BCUT2D eigenvalue weighted by Crippen LogP contribution is 2.21. The van der Waals surface area contributed by atoms with Crippen LogP contribution in [-0.2, 0) is 4.74 Å². The molecule has 2 nitrogen and oxygen atoms in total. The fraction of sp³-hybridized carbons (Fsp3) is 1.00. The Morgan fingerprint density at radius 3 is 2.62 bits per heavy atom. The van der Waals surface area contributed by atoms with Crippen LogP contribution in [0.1, 0.15) is 27.2 Å². The van der Waals surface area contributed by atoms with Crippen molar-refractivity contribution in [1.29, 1.82) is 0 Å². The van der Waals surface area contributed by atoms with Crippen LogP contribution < -0.4 is 5.32 Å². The smallest absolute Gasteiger partial charge is 0.0814 e. The maximum atomic E-state index is 5.47. The molecule has 0 aliphatic carbocycles. The Morgan fingerprint density at radius 1 is 1.38 bits per heavy atom. The summed E-state index contributed by atoms with van der Waals surface area (Å²) in [6.07, 6.45) is 1.61. The fourth-order valence-corrected chi connectivity index (χ4v) is 2.85. The summed E-state index contributed by atoms with van der Waals surface area (Å²) in [6.45, 7) is 6.63. The zero-order chi connectivity index (χ0) is 9.90.